The zero-order valence-corrected chi connectivity index (χ0v) is 21.9. The van der Waals surface area contributed by atoms with Crippen molar-refractivity contribution < 1.29 is 34.0 Å². The first-order valence-electron chi connectivity index (χ1n) is 9.66. The van der Waals surface area contributed by atoms with Crippen LogP contribution in [0.15, 0.2) is 0 Å². The largest absolute Gasteiger partial charge is 1.00 e. The molecule has 0 aliphatic carbocycles. The fourth-order valence-electron chi connectivity index (χ4n) is 3.18. The van der Waals surface area contributed by atoms with Gasteiger partial charge in [-0.05, 0) is 50.4 Å². The second-order valence-corrected chi connectivity index (χ2v) is 14.2. The van der Waals surface area contributed by atoms with E-state index in [9.17, 15) is 0 Å². The van der Waals surface area contributed by atoms with Gasteiger partial charge in [0.2, 0.25) is 0 Å². The van der Waals surface area contributed by atoms with Crippen molar-refractivity contribution >= 4 is 15.8 Å². The van der Waals surface area contributed by atoms with E-state index in [1.807, 2.05) is 0 Å². The Morgan fingerprint density at radius 3 is 1.22 bits per heavy atom. The number of rotatable bonds is 14. The minimum Gasteiger partial charge on any atom is -1.00 e. The van der Waals surface area contributed by atoms with Gasteiger partial charge in [0.15, 0.2) is 5.90 Å². The van der Waals surface area contributed by atoms with Crippen LogP contribution in [-0.4, -0.2) is 30.6 Å². The van der Waals surface area contributed by atoms with Crippen LogP contribution in [0.2, 0.25) is 0 Å². The minimum atomic E-state index is -0.0165. The summed E-state index contributed by atoms with van der Waals surface area (Å²) in [7, 11) is -0.0330. The van der Waals surface area contributed by atoms with Crippen molar-refractivity contribution in [2.45, 2.75) is 80.1 Å². The molecule has 0 aromatic carbocycles. The Hall–Kier alpha value is 1.82. The van der Waals surface area contributed by atoms with Crippen LogP contribution in [-0.2, 0) is 0 Å². The third kappa shape index (κ3) is 20.0. The fourth-order valence-corrected chi connectivity index (χ4v) is 12.2. The van der Waals surface area contributed by atoms with E-state index in [4.69, 9.17) is 0 Å². The first kappa shape index (κ1) is 29.6. The van der Waals surface area contributed by atoms with Crippen LogP contribution in [0.4, 0.5) is 0 Å². The van der Waals surface area contributed by atoms with Crippen LogP contribution >= 0.6 is 15.8 Å². The molecule has 0 N–H and O–H groups in total. The maximum Gasteiger partial charge on any atom is 0.155 e. The predicted octanol–water partition coefficient (Wildman–Crippen LogP) is 1.07. The van der Waals surface area contributed by atoms with Crippen molar-refractivity contribution in [3.8, 4) is 0 Å². The summed E-state index contributed by atoms with van der Waals surface area (Å²) in [6.45, 7) is 14.3. The summed E-state index contributed by atoms with van der Waals surface area (Å²) in [5.41, 5.74) is 0. The lowest BCUT2D eigenvalue weighted by Gasteiger charge is -2.15. The molecule has 2 unspecified atom stereocenters. The molecule has 0 bridgehead atoms. The van der Waals surface area contributed by atoms with E-state index in [1.54, 1.807) is 30.6 Å². The zero-order valence-electron chi connectivity index (χ0n) is 16.7. The summed E-state index contributed by atoms with van der Waals surface area (Å²) in [5, 5.41) is 0. The predicted molar refractivity (Wildman–Crippen MR) is 110 cm³/mol. The van der Waals surface area contributed by atoms with Gasteiger partial charge in [-0.2, -0.15) is 0 Å². The quantitative estimate of drug-likeness (QED) is 0.317. The average molecular weight is 494 g/mol. The van der Waals surface area contributed by atoms with Gasteiger partial charge < -0.3 is 34.0 Å². The maximum absolute atomic E-state index is 2.40. The molecule has 2 atom stereocenters. The molecule has 0 aromatic rings. The first-order valence-corrected chi connectivity index (χ1v) is 13.9. The van der Waals surface area contributed by atoms with Crippen LogP contribution < -0.4 is 34.0 Å². The van der Waals surface area contributed by atoms with Gasteiger partial charge in [-0.1, -0.05) is 41.5 Å². The molecule has 0 nitrogen and oxygen atoms in total. The molecule has 0 heterocycles. The lowest BCUT2D eigenvalue weighted by Crippen LogP contribution is -3.00. The summed E-state index contributed by atoms with van der Waals surface area (Å²) in [6.07, 6.45) is 15.2. The van der Waals surface area contributed by atoms with E-state index in [2.05, 4.69) is 41.5 Å². The molecule has 0 radical (unpaired) electrons. The van der Waals surface area contributed by atoms with Gasteiger partial charge in [0.25, 0.3) is 0 Å². The Morgan fingerprint density at radius 1 is 0.609 bits per heavy atom. The summed E-state index contributed by atoms with van der Waals surface area (Å²) < 4.78 is 0. The Bertz CT molecular complexity index is 201. The fraction of sp³-hybridized carbons (Fsp3) is 1.00. The smallest absolute Gasteiger partial charge is 0.155 e. The molecule has 0 rings (SSSR count). The van der Waals surface area contributed by atoms with Crippen molar-refractivity contribution in [1.29, 1.82) is 0 Å². The Balaban J connectivity index is -0.00000200. The summed E-state index contributed by atoms with van der Waals surface area (Å²) in [5.74, 6) is 3.52. The standard InChI is InChI=1S/C19H42P2.2BrH/c1-7-13-20(15-9-11-18(3)4)17-21(14-8-2)16-10-12-19(5)6;;/h18-19H,7-17H2,1-6H3;2*1H. The van der Waals surface area contributed by atoms with Gasteiger partial charge in [-0.3, -0.25) is 0 Å². The van der Waals surface area contributed by atoms with Crippen molar-refractivity contribution in [2.75, 3.05) is 30.6 Å². The van der Waals surface area contributed by atoms with Gasteiger partial charge in [0.1, 0.15) is 0 Å². The van der Waals surface area contributed by atoms with E-state index < -0.39 is 0 Å². The van der Waals surface area contributed by atoms with E-state index in [0.717, 1.165) is 11.8 Å². The normalized spacial score (nSPS) is 13.6. The summed E-state index contributed by atoms with van der Waals surface area (Å²) in [6, 6.07) is 0. The highest BCUT2D eigenvalue weighted by Gasteiger charge is 2.25. The van der Waals surface area contributed by atoms with Crippen molar-refractivity contribution in [1.82, 2.24) is 0 Å². The Kier molecular flexibility index (Phi) is 25.9. The Labute approximate surface area is 171 Å². The molecule has 0 spiro atoms. The first-order chi connectivity index (χ1) is 9.99. The van der Waals surface area contributed by atoms with Crippen molar-refractivity contribution in [2.24, 2.45) is 11.8 Å². The highest BCUT2D eigenvalue weighted by Crippen LogP contribution is 2.52. The van der Waals surface area contributed by atoms with E-state index in [1.165, 1.54) is 38.5 Å². The van der Waals surface area contributed by atoms with Crippen LogP contribution in [0.1, 0.15) is 80.1 Å². The van der Waals surface area contributed by atoms with Gasteiger partial charge in [0, 0.05) is 15.8 Å². The highest BCUT2D eigenvalue weighted by molar-refractivity contribution is 7.74. The van der Waals surface area contributed by atoms with E-state index in [-0.39, 0.29) is 49.8 Å². The lowest BCUT2D eigenvalue weighted by molar-refractivity contribution is -0.001000. The molecule has 0 amide bonds. The maximum atomic E-state index is 2.40. The van der Waals surface area contributed by atoms with E-state index in [0.29, 0.717) is 0 Å². The molecule has 23 heavy (non-hydrogen) atoms. The monoisotopic (exact) mass is 492 g/mol. The molecule has 144 valence electrons. The number of halogens is 2. The topological polar surface area (TPSA) is 0 Å². The number of hydrogen-bond acceptors (Lipinski definition) is 0. The molecule has 0 fully saturated rings. The number of hydrogen-bond donors (Lipinski definition) is 0. The van der Waals surface area contributed by atoms with Crippen LogP contribution in [0, 0.1) is 11.8 Å². The second-order valence-electron chi connectivity index (χ2n) is 7.75. The second kappa shape index (κ2) is 20.1. The molecule has 0 aliphatic rings. The molecule has 0 aliphatic heterocycles. The molecule has 0 saturated heterocycles. The van der Waals surface area contributed by atoms with Crippen LogP contribution in [0.25, 0.3) is 0 Å². The molecular weight excluding hydrogens is 450 g/mol. The third-order valence-corrected chi connectivity index (χ3v) is 12.9. The summed E-state index contributed by atoms with van der Waals surface area (Å²) in [4.78, 5) is 0. The van der Waals surface area contributed by atoms with Gasteiger partial charge >= 0.3 is 0 Å². The lowest BCUT2D eigenvalue weighted by atomic mass is 10.1. The SMILES string of the molecule is CCC[PH+](CCCC(C)C)C[PH+](CCC)CCCC(C)C.[Br-].[Br-]. The van der Waals surface area contributed by atoms with Gasteiger partial charge in [-0.25, -0.2) is 0 Å². The average Bonchev–Trinajstić information content (AvgIpc) is 2.38. The van der Waals surface area contributed by atoms with E-state index >= 15 is 0 Å². The highest BCUT2D eigenvalue weighted by atomic mass is 79.9. The minimum absolute atomic E-state index is 0. The molecule has 0 saturated carbocycles. The van der Waals surface area contributed by atoms with Gasteiger partial charge in [0.05, 0.1) is 24.6 Å². The molecule has 4 heteroatoms. The molecular formula is C19H44Br2P2. The Morgan fingerprint density at radius 2 is 0.957 bits per heavy atom. The van der Waals surface area contributed by atoms with Gasteiger partial charge in [-0.15, -0.1) is 0 Å². The van der Waals surface area contributed by atoms with Crippen molar-refractivity contribution in [3.05, 3.63) is 0 Å². The van der Waals surface area contributed by atoms with Crippen molar-refractivity contribution in [3.63, 3.8) is 0 Å². The summed E-state index contributed by atoms with van der Waals surface area (Å²) >= 11 is 0. The van der Waals surface area contributed by atoms with Crippen LogP contribution in [0.3, 0.4) is 0 Å². The zero-order chi connectivity index (χ0) is 16.1. The van der Waals surface area contributed by atoms with Crippen LogP contribution in [0.5, 0.6) is 0 Å². The molecule has 0 aromatic heterocycles. The third-order valence-electron chi connectivity index (χ3n) is 4.33.